The molecule has 154 valence electrons. The van der Waals surface area contributed by atoms with Crippen molar-refractivity contribution in [3.8, 4) is 0 Å². The summed E-state index contributed by atoms with van der Waals surface area (Å²) in [7, 11) is 0. The van der Waals surface area contributed by atoms with Crippen molar-refractivity contribution in [2.75, 3.05) is 52.4 Å². The summed E-state index contributed by atoms with van der Waals surface area (Å²) < 4.78 is 0. The second-order valence-corrected chi connectivity index (χ2v) is 8.88. The van der Waals surface area contributed by atoms with E-state index in [1.165, 1.54) is 55.4 Å². The molecule has 1 aromatic rings. The van der Waals surface area contributed by atoms with E-state index < -0.39 is 0 Å². The number of rotatable bonds is 10. The van der Waals surface area contributed by atoms with Crippen molar-refractivity contribution in [3.05, 3.63) is 21.9 Å². The molecular weight excluding hydrogens is 354 g/mol. The molecule has 0 bridgehead atoms. The molecule has 1 unspecified atom stereocenters. The summed E-state index contributed by atoms with van der Waals surface area (Å²) in [5.41, 5.74) is 0. The number of likely N-dealkylation sites (N-methyl/N-ethyl adjacent to an activating group) is 1. The molecule has 2 rings (SSSR count). The Bertz CT molecular complexity index is 549. The van der Waals surface area contributed by atoms with Gasteiger partial charge in [-0.25, -0.2) is 0 Å². The van der Waals surface area contributed by atoms with Gasteiger partial charge in [0.2, 0.25) is 0 Å². The Kier molecular flexibility index (Phi) is 10.2. The molecule has 6 heteroatoms. The van der Waals surface area contributed by atoms with Gasteiger partial charge in [-0.1, -0.05) is 6.92 Å². The molecule has 1 aliphatic heterocycles. The van der Waals surface area contributed by atoms with Gasteiger partial charge >= 0.3 is 0 Å². The third-order valence-corrected chi connectivity index (χ3v) is 6.12. The highest BCUT2D eigenvalue weighted by Crippen LogP contribution is 2.16. The molecule has 2 heterocycles. The standard InChI is InChI=1S/C21H39N5S/c1-5-22-21(24-18(3)17-20-10-9-19(4)27-20)23-11-7-8-12-26-15-13-25(6-2)14-16-26/h9-10,18H,5-8,11-17H2,1-4H3,(H2,22,23,24). The fourth-order valence-electron chi connectivity index (χ4n) is 3.47. The fourth-order valence-corrected chi connectivity index (χ4v) is 4.49. The summed E-state index contributed by atoms with van der Waals surface area (Å²) in [5, 5.41) is 6.94. The molecule has 27 heavy (non-hydrogen) atoms. The summed E-state index contributed by atoms with van der Waals surface area (Å²) >= 11 is 1.89. The van der Waals surface area contributed by atoms with Gasteiger partial charge in [0.05, 0.1) is 0 Å². The van der Waals surface area contributed by atoms with Crippen molar-refractivity contribution < 1.29 is 0 Å². The van der Waals surface area contributed by atoms with Crippen LogP contribution in [0.5, 0.6) is 0 Å². The minimum Gasteiger partial charge on any atom is -0.357 e. The average molecular weight is 394 g/mol. The number of unbranched alkanes of at least 4 members (excludes halogenated alkanes) is 1. The second kappa shape index (κ2) is 12.4. The van der Waals surface area contributed by atoms with Crippen LogP contribution in [0.3, 0.4) is 0 Å². The lowest BCUT2D eigenvalue weighted by molar-refractivity contribution is 0.136. The highest BCUT2D eigenvalue weighted by atomic mass is 32.1. The Balaban J connectivity index is 1.65. The van der Waals surface area contributed by atoms with Crippen LogP contribution < -0.4 is 10.6 Å². The lowest BCUT2D eigenvalue weighted by atomic mass is 10.2. The molecule has 0 aromatic carbocycles. The molecule has 2 N–H and O–H groups in total. The van der Waals surface area contributed by atoms with Crippen molar-refractivity contribution in [3.63, 3.8) is 0 Å². The molecule has 0 saturated carbocycles. The maximum absolute atomic E-state index is 4.78. The van der Waals surface area contributed by atoms with E-state index in [1.54, 1.807) is 0 Å². The van der Waals surface area contributed by atoms with Crippen molar-refractivity contribution in [1.82, 2.24) is 20.4 Å². The first kappa shape index (κ1) is 22.2. The number of thiophene rings is 1. The minimum atomic E-state index is 0.385. The topological polar surface area (TPSA) is 42.9 Å². The Morgan fingerprint density at radius 1 is 1.15 bits per heavy atom. The molecule has 5 nitrogen and oxygen atoms in total. The van der Waals surface area contributed by atoms with Crippen molar-refractivity contribution in [2.45, 2.75) is 53.0 Å². The van der Waals surface area contributed by atoms with Gasteiger partial charge in [0.25, 0.3) is 0 Å². The smallest absolute Gasteiger partial charge is 0.191 e. The predicted molar refractivity (Wildman–Crippen MR) is 119 cm³/mol. The van der Waals surface area contributed by atoms with Crippen molar-refractivity contribution in [1.29, 1.82) is 0 Å². The highest BCUT2D eigenvalue weighted by Gasteiger charge is 2.14. The summed E-state index contributed by atoms with van der Waals surface area (Å²) in [4.78, 5) is 12.7. The van der Waals surface area contributed by atoms with Crippen LogP contribution in [0.25, 0.3) is 0 Å². The number of nitrogens with zero attached hydrogens (tertiary/aromatic N) is 3. The van der Waals surface area contributed by atoms with E-state index >= 15 is 0 Å². The Hall–Kier alpha value is -1.11. The molecule has 1 atom stereocenters. The number of nitrogens with one attached hydrogen (secondary N) is 2. The minimum absolute atomic E-state index is 0.385. The van der Waals surface area contributed by atoms with Crippen LogP contribution in [-0.2, 0) is 6.42 Å². The maximum Gasteiger partial charge on any atom is 0.191 e. The van der Waals surface area contributed by atoms with Gasteiger partial charge in [0, 0.05) is 61.5 Å². The van der Waals surface area contributed by atoms with Crippen LogP contribution in [0.15, 0.2) is 17.1 Å². The lowest BCUT2D eigenvalue weighted by Crippen LogP contribution is -2.46. The predicted octanol–water partition coefficient (Wildman–Crippen LogP) is 2.96. The maximum atomic E-state index is 4.78. The van der Waals surface area contributed by atoms with Gasteiger partial charge in [-0.3, -0.25) is 4.99 Å². The van der Waals surface area contributed by atoms with E-state index in [0.717, 1.165) is 31.9 Å². The van der Waals surface area contributed by atoms with Crippen molar-refractivity contribution >= 4 is 17.3 Å². The second-order valence-electron chi connectivity index (χ2n) is 7.51. The first-order chi connectivity index (χ1) is 13.1. The van der Waals surface area contributed by atoms with Gasteiger partial charge in [-0.2, -0.15) is 0 Å². The van der Waals surface area contributed by atoms with E-state index in [-0.39, 0.29) is 0 Å². The number of hydrogen-bond donors (Lipinski definition) is 2. The third-order valence-electron chi connectivity index (χ3n) is 5.10. The highest BCUT2D eigenvalue weighted by molar-refractivity contribution is 7.11. The van der Waals surface area contributed by atoms with Gasteiger partial charge in [-0.05, 0) is 58.8 Å². The number of hydrogen-bond acceptors (Lipinski definition) is 4. The summed E-state index contributed by atoms with van der Waals surface area (Å²) in [6, 6.07) is 4.83. The van der Waals surface area contributed by atoms with E-state index in [1.807, 2.05) is 11.3 Å². The van der Waals surface area contributed by atoms with Gasteiger partial charge in [0.1, 0.15) is 0 Å². The molecule has 1 aliphatic rings. The van der Waals surface area contributed by atoms with Gasteiger partial charge < -0.3 is 20.4 Å². The number of piperazine rings is 1. The average Bonchev–Trinajstić information content (AvgIpc) is 3.06. The number of aryl methyl sites for hydroxylation is 1. The first-order valence-electron chi connectivity index (χ1n) is 10.7. The van der Waals surface area contributed by atoms with E-state index in [9.17, 15) is 0 Å². The molecule has 1 aromatic heterocycles. The molecule has 1 fully saturated rings. The quantitative estimate of drug-likeness (QED) is 0.364. The zero-order valence-corrected chi connectivity index (χ0v) is 18.6. The Morgan fingerprint density at radius 2 is 1.89 bits per heavy atom. The van der Waals surface area contributed by atoms with Crippen LogP contribution in [0.4, 0.5) is 0 Å². The number of aliphatic imine (C=N–C) groups is 1. The van der Waals surface area contributed by atoms with Crippen LogP contribution in [-0.4, -0.2) is 74.2 Å². The van der Waals surface area contributed by atoms with E-state index in [0.29, 0.717) is 6.04 Å². The van der Waals surface area contributed by atoms with E-state index in [2.05, 4.69) is 60.3 Å². The summed E-state index contributed by atoms with van der Waals surface area (Å²) in [6.07, 6.45) is 3.44. The van der Waals surface area contributed by atoms with E-state index in [4.69, 9.17) is 4.99 Å². The number of guanidine groups is 1. The van der Waals surface area contributed by atoms with Crippen molar-refractivity contribution in [2.24, 2.45) is 4.99 Å². The monoisotopic (exact) mass is 393 g/mol. The zero-order chi connectivity index (χ0) is 19.5. The van der Waals surface area contributed by atoms with Crippen LogP contribution in [0.2, 0.25) is 0 Å². The molecule has 0 aliphatic carbocycles. The molecule has 0 spiro atoms. The third kappa shape index (κ3) is 8.62. The lowest BCUT2D eigenvalue weighted by Gasteiger charge is -2.33. The van der Waals surface area contributed by atoms with Crippen LogP contribution >= 0.6 is 11.3 Å². The van der Waals surface area contributed by atoms with Crippen LogP contribution in [0, 0.1) is 6.92 Å². The molecule has 0 amide bonds. The van der Waals surface area contributed by atoms with Gasteiger partial charge in [-0.15, -0.1) is 11.3 Å². The summed E-state index contributed by atoms with van der Waals surface area (Å²) in [6.45, 7) is 17.9. The Morgan fingerprint density at radius 3 is 2.52 bits per heavy atom. The van der Waals surface area contributed by atoms with Gasteiger partial charge in [0.15, 0.2) is 5.96 Å². The largest absolute Gasteiger partial charge is 0.357 e. The Labute approximate surface area is 170 Å². The van der Waals surface area contributed by atoms with Crippen LogP contribution in [0.1, 0.15) is 43.4 Å². The summed E-state index contributed by atoms with van der Waals surface area (Å²) in [5.74, 6) is 0.954. The first-order valence-corrected chi connectivity index (χ1v) is 11.5. The molecule has 1 saturated heterocycles. The SMILES string of the molecule is CCNC(=NCCCCN1CCN(CC)CC1)NC(C)Cc1ccc(C)s1. The normalized spacial score (nSPS) is 17.9. The zero-order valence-electron chi connectivity index (χ0n) is 17.8. The molecule has 0 radical (unpaired) electrons. The fraction of sp³-hybridized carbons (Fsp3) is 0.762. The molecular formula is C21H39N5S.